The molecule has 2 atom stereocenters. The van der Waals surface area contributed by atoms with Gasteiger partial charge in [-0.05, 0) is 42.2 Å². The molecule has 23 heavy (non-hydrogen) atoms. The molecule has 2 aromatic carbocycles. The second-order valence-electron chi connectivity index (χ2n) is 8.07. The van der Waals surface area contributed by atoms with Crippen molar-refractivity contribution in [2.75, 3.05) is 0 Å². The van der Waals surface area contributed by atoms with E-state index in [-0.39, 0.29) is 0 Å². The standard InChI is InChI=1S/C23H26/c1-23(2)15-21-19(17-9-5-3-6-10-17)13-14-20(22(21)16-23)18-11-7-4-8-12-18/h3-12,19-20H,13-16H2,1-2H3. The van der Waals surface area contributed by atoms with Crippen LogP contribution in [-0.4, -0.2) is 0 Å². The quantitative estimate of drug-likeness (QED) is 0.558. The second-order valence-corrected chi connectivity index (χ2v) is 8.07. The van der Waals surface area contributed by atoms with Gasteiger partial charge in [0.1, 0.15) is 0 Å². The molecule has 2 aliphatic carbocycles. The Bertz CT molecular complexity index is 645. The highest BCUT2D eigenvalue weighted by Gasteiger charge is 2.40. The molecule has 0 aliphatic heterocycles. The summed E-state index contributed by atoms with van der Waals surface area (Å²) in [5.74, 6) is 1.29. The third kappa shape index (κ3) is 2.76. The van der Waals surface area contributed by atoms with Crippen molar-refractivity contribution in [2.24, 2.45) is 5.41 Å². The third-order valence-corrected chi connectivity index (χ3v) is 5.74. The minimum Gasteiger partial charge on any atom is -0.0623 e. The van der Waals surface area contributed by atoms with Crippen LogP contribution in [0.4, 0.5) is 0 Å². The summed E-state index contributed by atoms with van der Waals surface area (Å²) >= 11 is 0. The first-order valence-electron chi connectivity index (χ1n) is 8.96. The van der Waals surface area contributed by atoms with Gasteiger partial charge in [0.05, 0.1) is 0 Å². The highest BCUT2D eigenvalue weighted by Crippen LogP contribution is 2.56. The summed E-state index contributed by atoms with van der Waals surface area (Å²) in [5.41, 5.74) is 6.96. The van der Waals surface area contributed by atoms with Crippen LogP contribution in [0.3, 0.4) is 0 Å². The molecule has 118 valence electrons. The highest BCUT2D eigenvalue weighted by molar-refractivity contribution is 5.44. The van der Waals surface area contributed by atoms with E-state index >= 15 is 0 Å². The summed E-state index contributed by atoms with van der Waals surface area (Å²) in [4.78, 5) is 0. The number of hydrogen-bond donors (Lipinski definition) is 0. The van der Waals surface area contributed by atoms with Gasteiger partial charge in [-0.15, -0.1) is 0 Å². The van der Waals surface area contributed by atoms with E-state index in [0.717, 1.165) is 0 Å². The summed E-state index contributed by atoms with van der Waals surface area (Å²) in [6, 6.07) is 22.3. The molecule has 0 heteroatoms. The van der Waals surface area contributed by atoms with Gasteiger partial charge >= 0.3 is 0 Å². The van der Waals surface area contributed by atoms with Gasteiger partial charge in [-0.3, -0.25) is 0 Å². The molecule has 0 aromatic heterocycles. The topological polar surface area (TPSA) is 0 Å². The van der Waals surface area contributed by atoms with Crippen LogP contribution in [0, 0.1) is 5.41 Å². The first-order chi connectivity index (χ1) is 11.1. The van der Waals surface area contributed by atoms with E-state index < -0.39 is 0 Å². The Morgan fingerprint density at radius 2 is 1.04 bits per heavy atom. The van der Waals surface area contributed by atoms with Crippen LogP contribution < -0.4 is 0 Å². The number of benzene rings is 2. The van der Waals surface area contributed by atoms with Crippen LogP contribution in [0.15, 0.2) is 71.8 Å². The minimum atomic E-state index is 0.426. The summed E-state index contributed by atoms with van der Waals surface area (Å²) < 4.78 is 0. The zero-order valence-electron chi connectivity index (χ0n) is 14.3. The predicted octanol–water partition coefficient (Wildman–Crippen LogP) is 6.46. The van der Waals surface area contributed by atoms with E-state index in [2.05, 4.69) is 74.5 Å². The van der Waals surface area contributed by atoms with Gasteiger partial charge in [-0.25, -0.2) is 0 Å². The Morgan fingerprint density at radius 1 is 0.652 bits per heavy atom. The molecule has 0 amide bonds. The monoisotopic (exact) mass is 302 g/mol. The highest BCUT2D eigenvalue weighted by atomic mass is 14.4. The van der Waals surface area contributed by atoms with Crippen molar-refractivity contribution in [3.63, 3.8) is 0 Å². The number of hydrogen-bond acceptors (Lipinski definition) is 0. The van der Waals surface area contributed by atoms with Gasteiger partial charge < -0.3 is 0 Å². The zero-order valence-corrected chi connectivity index (χ0v) is 14.3. The van der Waals surface area contributed by atoms with E-state index in [9.17, 15) is 0 Å². The molecule has 0 saturated heterocycles. The van der Waals surface area contributed by atoms with Crippen molar-refractivity contribution < 1.29 is 0 Å². The molecule has 0 bridgehead atoms. The van der Waals surface area contributed by atoms with Crippen LogP contribution in [0.1, 0.15) is 62.5 Å². The van der Waals surface area contributed by atoms with Crippen molar-refractivity contribution in [3.05, 3.63) is 82.9 Å². The van der Waals surface area contributed by atoms with Crippen molar-refractivity contribution in [1.82, 2.24) is 0 Å². The molecule has 2 unspecified atom stereocenters. The van der Waals surface area contributed by atoms with Crippen molar-refractivity contribution in [3.8, 4) is 0 Å². The van der Waals surface area contributed by atoms with Crippen molar-refractivity contribution in [1.29, 1.82) is 0 Å². The lowest BCUT2D eigenvalue weighted by atomic mass is 9.73. The average molecular weight is 302 g/mol. The fourth-order valence-electron chi connectivity index (χ4n) is 4.80. The summed E-state index contributed by atoms with van der Waals surface area (Å²) in [6.45, 7) is 4.88. The molecular weight excluding hydrogens is 276 g/mol. The molecular formula is C23H26. The predicted molar refractivity (Wildman–Crippen MR) is 97.6 cm³/mol. The normalized spacial score (nSPS) is 26.2. The van der Waals surface area contributed by atoms with Gasteiger partial charge in [0.2, 0.25) is 0 Å². The van der Waals surface area contributed by atoms with E-state index in [1.807, 2.05) is 0 Å². The molecule has 0 N–H and O–H groups in total. The van der Waals surface area contributed by atoms with E-state index in [1.54, 1.807) is 11.1 Å². The lowest BCUT2D eigenvalue weighted by molar-refractivity contribution is 0.384. The minimum absolute atomic E-state index is 0.426. The first kappa shape index (κ1) is 14.8. The molecule has 0 spiro atoms. The molecule has 2 aromatic rings. The maximum Gasteiger partial charge on any atom is 0.00516 e. The first-order valence-corrected chi connectivity index (χ1v) is 8.96. The largest absolute Gasteiger partial charge is 0.0623 e. The Balaban J connectivity index is 1.76. The van der Waals surface area contributed by atoms with Gasteiger partial charge in [-0.2, -0.15) is 0 Å². The third-order valence-electron chi connectivity index (χ3n) is 5.74. The molecule has 0 saturated carbocycles. The van der Waals surface area contributed by atoms with Crippen molar-refractivity contribution in [2.45, 2.75) is 51.4 Å². The maximum absolute atomic E-state index is 2.44. The van der Waals surface area contributed by atoms with Gasteiger partial charge in [0.25, 0.3) is 0 Å². The van der Waals surface area contributed by atoms with Crippen LogP contribution in [0.2, 0.25) is 0 Å². The van der Waals surface area contributed by atoms with Gasteiger partial charge in [0.15, 0.2) is 0 Å². The Kier molecular flexibility index (Phi) is 3.64. The molecule has 4 rings (SSSR count). The van der Waals surface area contributed by atoms with E-state index in [4.69, 9.17) is 0 Å². The fraction of sp³-hybridized carbons (Fsp3) is 0.391. The summed E-state index contributed by atoms with van der Waals surface area (Å²) in [7, 11) is 0. The van der Waals surface area contributed by atoms with Crippen LogP contribution >= 0.6 is 0 Å². The van der Waals surface area contributed by atoms with Crippen LogP contribution in [0.5, 0.6) is 0 Å². The Labute approximate surface area is 140 Å². The van der Waals surface area contributed by atoms with Gasteiger partial charge in [0, 0.05) is 11.8 Å². The number of rotatable bonds is 2. The Hall–Kier alpha value is -1.82. The number of allylic oxidation sites excluding steroid dienone is 2. The van der Waals surface area contributed by atoms with Crippen molar-refractivity contribution >= 4 is 0 Å². The van der Waals surface area contributed by atoms with E-state index in [0.29, 0.717) is 17.3 Å². The van der Waals surface area contributed by atoms with Crippen LogP contribution in [-0.2, 0) is 0 Å². The smallest absolute Gasteiger partial charge is 0.00516 e. The second kappa shape index (κ2) is 5.67. The fourth-order valence-corrected chi connectivity index (χ4v) is 4.80. The molecule has 2 aliphatic rings. The van der Waals surface area contributed by atoms with E-state index in [1.165, 1.54) is 36.8 Å². The van der Waals surface area contributed by atoms with Crippen LogP contribution in [0.25, 0.3) is 0 Å². The lowest BCUT2D eigenvalue weighted by Crippen LogP contribution is -2.15. The maximum atomic E-state index is 2.44. The Morgan fingerprint density at radius 3 is 1.43 bits per heavy atom. The zero-order chi connectivity index (χ0) is 15.9. The lowest BCUT2D eigenvalue weighted by Gasteiger charge is -2.32. The molecule has 0 nitrogen and oxygen atoms in total. The molecule has 0 heterocycles. The van der Waals surface area contributed by atoms with Gasteiger partial charge in [-0.1, -0.05) is 85.7 Å². The molecule has 0 fully saturated rings. The molecule has 0 radical (unpaired) electrons. The average Bonchev–Trinajstić information content (AvgIpc) is 2.90. The summed E-state index contributed by atoms with van der Waals surface area (Å²) in [5, 5.41) is 0. The summed E-state index contributed by atoms with van der Waals surface area (Å²) in [6.07, 6.45) is 5.12. The SMILES string of the molecule is CC1(C)CC2=C(C1)C(c1ccccc1)CCC2c1ccccc1.